The summed E-state index contributed by atoms with van der Waals surface area (Å²) in [6.07, 6.45) is -5.94. The molecule has 65 heavy (non-hydrogen) atoms. The first-order valence-electron chi connectivity index (χ1n) is 21.6. The number of carboxylic acid groups (broad SMARTS) is 2. The number of nitrogens with two attached hydrogens (primary N) is 1. The molecule has 1 aromatic rings. The second kappa shape index (κ2) is 24.6. The Bertz CT molecular complexity index is 1960. The molecule has 3 aliphatic rings. The van der Waals surface area contributed by atoms with Crippen LogP contribution < -0.4 is 17.0 Å². The Kier molecular flexibility index (Phi) is 20.0. The minimum absolute atomic E-state index is 0.0424. The van der Waals surface area contributed by atoms with E-state index in [4.69, 9.17) is 34.5 Å². The number of rotatable bonds is 23. The van der Waals surface area contributed by atoms with Gasteiger partial charge in [0.2, 0.25) is 5.91 Å². The fraction of sp³-hybridized carbons (Fsp3) is 0.690. The number of carbonyl (C=O) groups excluding carboxylic acids is 3. The number of allylic oxidation sites excluding steroid dienone is 3. The van der Waals surface area contributed by atoms with Crippen LogP contribution in [0.1, 0.15) is 77.9 Å². The number of unbranched alkanes of at least 4 members (excludes halogenated alkanes) is 3. The lowest BCUT2D eigenvalue weighted by molar-refractivity contribution is -0.233. The molecular formula is C42H63N5O18. The summed E-state index contributed by atoms with van der Waals surface area (Å²) in [4.78, 5) is 93.7. The van der Waals surface area contributed by atoms with Gasteiger partial charge in [-0.05, 0) is 32.2 Å². The maximum absolute atomic E-state index is 14.5. The van der Waals surface area contributed by atoms with E-state index in [1.165, 1.54) is 11.9 Å². The Hall–Kier alpha value is -4.85. The predicted molar refractivity (Wildman–Crippen MR) is 225 cm³/mol. The highest BCUT2D eigenvalue weighted by Gasteiger charge is 2.57. The molecule has 23 nitrogen and oxygen atoms in total. The summed E-state index contributed by atoms with van der Waals surface area (Å²) in [5.74, 6) is -6.08. The van der Waals surface area contributed by atoms with E-state index in [1.807, 2.05) is 17.1 Å². The number of esters is 2. The summed E-state index contributed by atoms with van der Waals surface area (Å²) in [6, 6.07) is -2.60. The van der Waals surface area contributed by atoms with Crippen LogP contribution in [0.3, 0.4) is 0 Å². The number of aliphatic carboxylic acids is 2. The number of carboxylic acids is 2. The number of aliphatic hydroxyl groups excluding tert-OH is 4. The van der Waals surface area contributed by atoms with Crippen molar-refractivity contribution < 1.29 is 78.3 Å². The van der Waals surface area contributed by atoms with E-state index in [-0.39, 0.29) is 25.8 Å². The minimum atomic E-state index is -1.96. The Morgan fingerprint density at radius 1 is 0.923 bits per heavy atom. The number of hydrogen-bond acceptors (Lipinski definition) is 18. The number of H-pyrrole nitrogens is 1. The number of likely N-dealkylation sites (N-methyl/N-ethyl adjacent to an activating group) is 2. The van der Waals surface area contributed by atoms with Crippen molar-refractivity contribution >= 4 is 29.8 Å². The van der Waals surface area contributed by atoms with E-state index in [0.717, 1.165) is 54.5 Å². The summed E-state index contributed by atoms with van der Waals surface area (Å²) in [5.41, 5.74) is 3.89. The van der Waals surface area contributed by atoms with Gasteiger partial charge in [-0.3, -0.25) is 38.4 Å². The molecule has 0 radical (unpaired) electrons. The largest absolute Gasteiger partial charge is 0.481 e. The molecular weight excluding hydrogens is 862 g/mol. The number of nitrogens with zero attached hydrogens (tertiary/aromatic N) is 3. The van der Waals surface area contributed by atoms with Crippen LogP contribution in [-0.4, -0.2) is 180 Å². The lowest BCUT2D eigenvalue weighted by Gasteiger charge is -2.38. The highest BCUT2D eigenvalue weighted by Crippen LogP contribution is 2.36. The van der Waals surface area contributed by atoms with E-state index < -0.39 is 139 Å². The molecule has 4 heterocycles. The van der Waals surface area contributed by atoms with Crippen LogP contribution in [-0.2, 0) is 47.7 Å². The molecule has 14 atom stereocenters. The van der Waals surface area contributed by atoms with Gasteiger partial charge in [-0.2, -0.15) is 0 Å². The van der Waals surface area contributed by atoms with Crippen molar-refractivity contribution in [2.24, 2.45) is 11.7 Å². The lowest BCUT2D eigenvalue weighted by atomic mass is 9.97. The molecule has 364 valence electrons. The van der Waals surface area contributed by atoms with Crippen LogP contribution in [0.2, 0.25) is 0 Å². The summed E-state index contributed by atoms with van der Waals surface area (Å²) < 4.78 is 29.8. The summed E-state index contributed by atoms with van der Waals surface area (Å²) in [6.45, 7) is 2.87. The number of hydrogen-bond donors (Lipinski definition) is 8. The first-order chi connectivity index (χ1) is 30.8. The predicted octanol–water partition coefficient (Wildman–Crippen LogP) is -1.64. The Balaban J connectivity index is 1.62. The number of aromatic nitrogens is 2. The van der Waals surface area contributed by atoms with Gasteiger partial charge in [-0.25, -0.2) is 9.59 Å². The second-order valence-electron chi connectivity index (χ2n) is 16.6. The highest BCUT2D eigenvalue weighted by molar-refractivity contribution is 5.88. The van der Waals surface area contributed by atoms with Gasteiger partial charge in [0, 0.05) is 51.7 Å². The normalized spacial score (nSPS) is 30.1. The molecule has 1 amide bonds. The van der Waals surface area contributed by atoms with Crippen LogP contribution >= 0.6 is 0 Å². The van der Waals surface area contributed by atoms with E-state index >= 15 is 0 Å². The van der Waals surface area contributed by atoms with Crippen molar-refractivity contribution in [1.29, 1.82) is 0 Å². The van der Waals surface area contributed by atoms with Crippen molar-refractivity contribution in [3.63, 3.8) is 0 Å². The zero-order chi connectivity index (χ0) is 48.1. The van der Waals surface area contributed by atoms with Gasteiger partial charge in [0.25, 0.3) is 5.56 Å². The summed E-state index contributed by atoms with van der Waals surface area (Å²) >= 11 is 0. The van der Waals surface area contributed by atoms with Crippen LogP contribution in [0.25, 0.3) is 0 Å². The van der Waals surface area contributed by atoms with Crippen molar-refractivity contribution in [3.05, 3.63) is 57.4 Å². The Labute approximate surface area is 374 Å². The smallest absolute Gasteiger partial charge is 0.330 e. The fourth-order valence-electron chi connectivity index (χ4n) is 8.04. The van der Waals surface area contributed by atoms with Crippen LogP contribution in [0.15, 0.2) is 46.2 Å². The maximum atomic E-state index is 14.5. The molecule has 3 aliphatic heterocycles. The zero-order valence-corrected chi connectivity index (χ0v) is 36.8. The third-order valence-corrected chi connectivity index (χ3v) is 11.4. The van der Waals surface area contributed by atoms with Crippen LogP contribution in [0, 0.1) is 5.92 Å². The molecule has 0 saturated carbocycles. The van der Waals surface area contributed by atoms with E-state index in [2.05, 4.69) is 13.0 Å². The highest BCUT2D eigenvalue weighted by atomic mass is 16.7. The monoisotopic (exact) mass is 925 g/mol. The summed E-state index contributed by atoms with van der Waals surface area (Å²) in [5, 5.41) is 63.7. The zero-order valence-electron chi connectivity index (χ0n) is 36.8. The van der Waals surface area contributed by atoms with Crippen molar-refractivity contribution in [3.8, 4) is 0 Å². The van der Waals surface area contributed by atoms with Crippen LogP contribution in [0.5, 0.6) is 0 Å². The second-order valence-corrected chi connectivity index (χ2v) is 16.6. The van der Waals surface area contributed by atoms with E-state index in [9.17, 15) is 59.1 Å². The number of carbonyl (C=O) groups is 5. The molecule has 1 aromatic heterocycles. The maximum Gasteiger partial charge on any atom is 0.330 e. The molecule has 6 unspecified atom stereocenters. The molecule has 0 aliphatic carbocycles. The van der Waals surface area contributed by atoms with Crippen molar-refractivity contribution in [2.45, 2.75) is 151 Å². The number of aromatic amines is 1. The Morgan fingerprint density at radius 3 is 2.26 bits per heavy atom. The van der Waals surface area contributed by atoms with E-state index in [1.54, 1.807) is 13.0 Å². The van der Waals surface area contributed by atoms with Gasteiger partial charge < -0.3 is 65.0 Å². The first kappa shape index (κ1) is 52.8. The van der Waals surface area contributed by atoms with Gasteiger partial charge in [0.05, 0.1) is 6.42 Å². The molecule has 3 fully saturated rings. The standard InChI is InChI=1S/C42H63N5O18/c1-5-6-7-8-9-10-11-12-13-14-23(61-28(51)18-22(2)17-27(49)50)19-29(52)62-25-21-45(3)31(38(57)46(4)30(25)40(58)59)36(65-41-35(56)32(53)24(20-43)63-41)37-33(54)34(55)39(64-37)47-16-15-26(48)44-42(47)60/h9-10,12-13,15-16,22-25,30-37,39,41,53-56H,5-8,11,14,17-21,43H2,1-4H3,(H,49,50)(H,58,59)(H,44,48,60)/b10-9-,13-12-/t22?,23?,24-,25?,30?,31?,32-,33+,34-,35-,36?,37+,39-,41+/m1/s1. The van der Waals surface area contributed by atoms with E-state index in [0.29, 0.717) is 6.42 Å². The van der Waals surface area contributed by atoms with Crippen LogP contribution in [0.4, 0.5) is 0 Å². The van der Waals surface area contributed by atoms with Crippen molar-refractivity contribution in [2.75, 3.05) is 27.2 Å². The molecule has 3 saturated heterocycles. The fourth-order valence-corrected chi connectivity index (χ4v) is 8.04. The molecule has 0 aromatic carbocycles. The SMILES string of the molecule is CCCCC/C=C\C/C=C\CC(CC(=O)OC1CN(C)C(C(O[C@@H]2O[C@H](CN)[C@@H](O)[C@H]2O)[C@H]2O[C@@H](n3ccc(=O)[nH]c3=O)[C@H](O)[C@@H]2O)C(=O)N(C)C1C(=O)O)OC(=O)CC(C)CC(=O)O. The van der Waals surface area contributed by atoms with Crippen molar-refractivity contribution in [1.82, 2.24) is 19.4 Å². The number of amides is 1. The molecule has 23 heteroatoms. The Morgan fingerprint density at radius 2 is 1.63 bits per heavy atom. The third-order valence-electron chi connectivity index (χ3n) is 11.4. The molecule has 9 N–H and O–H groups in total. The minimum Gasteiger partial charge on any atom is -0.481 e. The topological polar surface area (TPSA) is 340 Å². The number of aliphatic hydroxyl groups is 4. The number of ether oxygens (including phenoxy) is 5. The quantitative estimate of drug-likeness (QED) is 0.0347. The molecule has 0 spiro atoms. The number of nitrogens with one attached hydrogen (secondary N) is 1. The average Bonchev–Trinajstić information content (AvgIpc) is 3.64. The average molecular weight is 926 g/mol. The van der Waals surface area contributed by atoms with Gasteiger partial charge in [-0.1, -0.05) is 51.0 Å². The summed E-state index contributed by atoms with van der Waals surface area (Å²) in [7, 11) is 2.44. The third kappa shape index (κ3) is 14.1. The van der Waals surface area contributed by atoms with Gasteiger partial charge in [0.1, 0.15) is 61.0 Å². The van der Waals surface area contributed by atoms with Gasteiger partial charge in [0.15, 0.2) is 18.6 Å². The lowest BCUT2D eigenvalue weighted by Crippen LogP contribution is -2.59. The van der Waals surface area contributed by atoms with Gasteiger partial charge in [-0.15, -0.1) is 0 Å². The molecule has 4 rings (SSSR count). The molecule has 0 bridgehead atoms. The first-order valence-corrected chi connectivity index (χ1v) is 21.6. The van der Waals surface area contributed by atoms with Gasteiger partial charge >= 0.3 is 29.6 Å².